The van der Waals surface area contributed by atoms with Crippen LogP contribution in [0.5, 0.6) is 0 Å². The molecule has 24 aromatic rings. The Morgan fingerprint density at radius 2 is 0.852 bits per heavy atom. The molecule has 16 heterocycles. The maximum atomic E-state index is 12.4. The minimum atomic E-state index is -0.496. The average molecular weight is 1790 g/mol. The fourth-order valence-corrected chi connectivity index (χ4v) is 17.2. The molecule has 0 aliphatic carbocycles. The van der Waals surface area contributed by atoms with Crippen LogP contribution in [0.3, 0.4) is 0 Å². The lowest BCUT2D eigenvalue weighted by Gasteiger charge is -2.17. The van der Waals surface area contributed by atoms with Crippen LogP contribution in [0.1, 0.15) is 60.1 Å². The van der Waals surface area contributed by atoms with E-state index >= 15 is 0 Å². The summed E-state index contributed by atoms with van der Waals surface area (Å²) >= 11 is 1.67. The fraction of sp³-hybridized carbons (Fsp3) is 0.105. The van der Waals surface area contributed by atoms with E-state index in [9.17, 15) is 9.59 Å². The number of anilines is 3. The van der Waals surface area contributed by atoms with Gasteiger partial charge >= 0.3 is 0 Å². The van der Waals surface area contributed by atoms with Gasteiger partial charge in [-0.15, -0.1) is 0 Å². The molecule has 0 aliphatic rings. The van der Waals surface area contributed by atoms with E-state index in [1.165, 1.54) is 0 Å². The van der Waals surface area contributed by atoms with E-state index in [1.54, 1.807) is 67.4 Å². The summed E-state index contributed by atoms with van der Waals surface area (Å²) in [7, 11) is 0. The summed E-state index contributed by atoms with van der Waals surface area (Å²) < 4.78 is 7.25. The Hall–Kier alpha value is -17.8. The van der Waals surface area contributed by atoms with Gasteiger partial charge in [-0.2, -0.15) is 31.7 Å². The molecule has 660 valence electrons. The maximum absolute atomic E-state index is 12.4. The standard InChI is InChI=1S/C28H26N8O.C27H22N6OS.C26H22N6O.C24H16N6/c1-16-14-36(15-30-16)23-7-5-6-22-25(23)33-26(32-22)24-20-11-17(8-9-21(20)34-35-24)18-10-19(13-29-12-18)31-27(37)28(2,3)4;1-2-4-24(34)29-19-11-18(13-28-14-19)16-7-8-22-21(12-16)26(33-32-22)27-30-23-6-3-5-20(25(23)31-27)17-9-10-35-15-17;1-15(2)28-19-10-18(12-27-13-19)16-6-7-22-21(11-16)25(32-31-22)26-29-23-5-3-4-20(24(23)30-26)17-8-9-33-14-17;1-6-18(17-5-3-11-26-14-17)22-21(7-1)27-24(28-22)23-19-12-15(8-9-20(19)29-30-23)16-4-2-10-25-13-16/h5-15H,1-4H3,(H,31,37)(H,32,33)(H,34,35);3,5-15H,2,4H2,1H3,(H,29,34)(H,30,31)(H,32,33);3-15,28H,1-2H3,(H,29,30)(H,31,32);1-14H,(H,27,28)(H,29,30). The van der Waals surface area contributed by atoms with E-state index in [0.29, 0.717) is 35.5 Å². The first-order valence-electron chi connectivity index (χ1n) is 44.0. The second-order valence-electron chi connectivity index (χ2n) is 34.1. The van der Waals surface area contributed by atoms with Crippen molar-refractivity contribution in [3.05, 3.63) is 304 Å². The van der Waals surface area contributed by atoms with Gasteiger partial charge in [0.25, 0.3) is 0 Å². The summed E-state index contributed by atoms with van der Waals surface area (Å²) in [6.07, 6.45) is 26.4. The zero-order chi connectivity index (χ0) is 91.8. The predicted molar refractivity (Wildman–Crippen MR) is 534 cm³/mol. The van der Waals surface area contributed by atoms with E-state index in [1.807, 2.05) is 204 Å². The summed E-state index contributed by atoms with van der Waals surface area (Å²) in [4.78, 5) is 83.8. The van der Waals surface area contributed by atoms with Crippen LogP contribution >= 0.6 is 11.3 Å². The minimum Gasteiger partial charge on any atom is -0.472 e. The molecule has 135 heavy (non-hydrogen) atoms. The van der Waals surface area contributed by atoms with E-state index in [4.69, 9.17) is 24.4 Å². The summed E-state index contributed by atoms with van der Waals surface area (Å²) in [5, 5.41) is 48.2. The first-order chi connectivity index (χ1) is 66.0. The van der Waals surface area contributed by atoms with Crippen LogP contribution in [0.15, 0.2) is 302 Å². The van der Waals surface area contributed by atoms with Gasteiger partial charge in [0.2, 0.25) is 11.8 Å². The zero-order valence-electron chi connectivity index (χ0n) is 74.1. The molecule has 16 aromatic heterocycles. The molecule has 0 fully saturated rings. The molecule has 0 spiro atoms. The largest absolute Gasteiger partial charge is 0.472 e. The number of thiophene rings is 1. The van der Waals surface area contributed by atoms with Gasteiger partial charge in [-0.05, 0) is 187 Å². The van der Waals surface area contributed by atoms with Crippen molar-refractivity contribution in [1.82, 2.24) is 115 Å². The summed E-state index contributed by atoms with van der Waals surface area (Å²) in [5.74, 6) is 2.77. The molecule has 0 saturated heterocycles. The summed E-state index contributed by atoms with van der Waals surface area (Å²) in [6.45, 7) is 13.8. The van der Waals surface area contributed by atoms with Gasteiger partial charge in [-0.3, -0.25) is 54.9 Å². The molecule has 2 amide bonds. The molecule has 30 heteroatoms. The third-order valence-corrected chi connectivity index (χ3v) is 23.9. The van der Waals surface area contributed by atoms with Crippen LogP contribution in [-0.4, -0.2) is 133 Å². The molecule has 24 rings (SSSR count). The number of imidazole rings is 5. The first-order valence-corrected chi connectivity index (χ1v) is 44.9. The van der Waals surface area contributed by atoms with Gasteiger partial charge < -0.3 is 44.9 Å². The lowest BCUT2D eigenvalue weighted by atomic mass is 9.95. The van der Waals surface area contributed by atoms with Gasteiger partial charge in [-0.25, -0.2) is 24.9 Å². The van der Waals surface area contributed by atoms with Crippen LogP contribution in [0.4, 0.5) is 17.1 Å². The quantitative estimate of drug-likeness (QED) is 0.0380. The monoisotopic (exact) mass is 1790 g/mol. The Kier molecular flexibility index (Phi) is 22.4. The van der Waals surface area contributed by atoms with E-state index in [0.717, 1.165) is 224 Å². The number of hydrogen-bond acceptors (Lipinski definition) is 19. The molecule has 0 bridgehead atoms. The number of rotatable bonds is 18. The number of carbonyl (C=O) groups is 2. The van der Waals surface area contributed by atoms with Crippen molar-refractivity contribution in [3.8, 4) is 130 Å². The highest BCUT2D eigenvalue weighted by Crippen LogP contribution is 2.41. The summed E-state index contributed by atoms with van der Waals surface area (Å²) in [5.41, 5.74) is 32.2. The average Bonchev–Trinajstić information content (AvgIpc) is 1.59. The summed E-state index contributed by atoms with van der Waals surface area (Å²) in [6, 6.07) is 67.4. The molecule has 29 nitrogen and oxygen atoms in total. The number of aromatic nitrogens is 23. The number of fused-ring (bicyclic) bond motifs is 8. The fourth-order valence-electron chi connectivity index (χ4n) is 16.5. The number of furan rings is 1. The molecular weight excluding hydrogens is 1710 g/mol. The first kappa shape index (κ1) is 84.1. The van der Waals surface area contributed by atoms with E-state index < -0.39 is 5.41 Å². The number of amides is 2. The Labute approximate surface area is 774 Å². The number of pyridine rings is 5. The topological polar surface area (TPSA) is 395 Å². The number of nitrogens with one attached hydrogen (secondary N) is 11. The molecule has 0 atom stereocenters. The van der Waals surface area contributed by atoms with Gasteiger partial charge in [0.05, 0.1) is 120 Å². The molecule has 11 N–H and O–H groups in total. The van der Waals surface area contributed by atoms with Crippen molar-refractivity contribution >= 4 is 128 Å². The third kappa shape index (κ3) is 17.3. The van der Waals surface area contributed by atoms with Crippen LogP contribution in [0, 0.1) is 12.3 Å². The van der Waals surface area contributed by atoms with Crippen molar-refractivity contribution in [2.45, 2.75) is 67.3 Å². The predicted octanol–water partition coefficient (Wildman–Crippen LogP) is 23.8. The van der Waals surface area contributed by atoms with Crippen molar-refractivity contribution in [1.29, 1.82) is 0 Å². The Balaban J connectivity index is 0.000000108. The minimum absolute atomic E-state index is 0.00858. The highest BCUT2D eigenvalue weighted by molar-refractivity contribution is 7.08. The SMILES string of the molecule is CC(C)Nc1cncc(-c2ccc3[nH]nc(-c4nc5c(-c6ccoc6)cccc5[nH]4)c3c2)c1.CCCC(=O)Nc1cncc(-c2ccc3[nH]nc(-c4nc5c(-c6ccsc6)cccc5[nH]4)c3c2)c1.Cc1cn(-c2cccc3[nH]c(-c4n[nH]c5ccc(-c6cncc(NC(=O)C(C)(C)C)c6)cc45)nc23)cn1.c1cncc(-c2ccc3[nH]nc(-c4nc5c(-c6cccnc6)cccc5[nH]4)c3c2)c1. The highest BCUT2D eigenvalue weighted by atomic mass is 32.1. The molecule has 0 unspecified atom stereocenters. The van der Waals surface area contributed by atoms with Crippen LogP contribution < -0.4 is 16.0 Å². The van der Waals surface area contributed by atoms with Gasteiger partial charge in [0.1, 0.15) is 28.3 Å². The normalized spacial score (nSPS) is 11.6. The van der Waals surface area contributed by atoms with Crippen LogP contribution in [0.2, 0.25) is 0 Å². The molecule has 0 radical (unpaired) electrons. The number of hydrogen-bond donors (Lipinski definition) is 11. The highest BCUT2D eigenvalue weighted by Gasteiger charge is 2.25. The van der Waals surface area contributed by atoms with Crippen molar-refractivity contribution in [2.75, 3.05) is 16.0 Å². The molecule has 8 aromatic carbocycles. The molecule has 0 aliphatic heterocycles. The second-order valence-corrected chi connectivity index (χ2v) is 34.8. The molecule has 0 saturated carbocycles. The Morgan fingerprint density at radius 3 is 1.28 bits per heavy atom. The van der Waals surface area contributed by atoms with E-state index in [-0.39, 0.29) is 11.8 Å². The van der Waals surface area contributed by atoms with Gasteiger partial charge in [0.15, 0.2) is 23.3 Å². The third-order valence-electron chi connectivity index (χ3n) is 23.2. The van der Waals surface area contributed by atoms with Crippen molar-refractivity contribution < 1.29 is 14.0 Å². The lowest BCUT2D eigenvalue weighted by molar-refractivity contribution is -0.123. The number of aromatic amines is 8. The van der Waals surface area contributed by atoms with E-state index in [2.05, 4.69) is 198 Å². The smallest absolute Gasteiger partial charge is 0.229 e. The zero-order valence-corrected chi connectivity index (χ0v) is 74.9. The van der Waals surface area contributed by atoms with Crippen LogP contribution in [0.25, 0.3) is 217 Å². The number of benzene rings is 8. The number of H-pyrrole nitrogens is 8. The number of carbonyl (C=O) groups excluding carboxylic acids is 2. The van der Waals surface area contributed by atoms with Crippen molar-refractivity contribution in [3.63, 3.8) is 0 Å². The molecular formula is C105H86N26O3S. The Bertz CT molecular complexity index is 8480. The Morgan fingerprint density at radius 1 is 0.422 bits per heavy atom. The van der Waals surface area contributed by atoms with Gasteiger partial charge in [-0.1, -0.05) is 107 Å². The maximum Gasteiger partial charge on any atom is 0.229 e. The number of para-hydroxylation sites is 4. The van der Waals surface area contributed by atoms with Crippen LogP contribution in [-0.2, 0) is 9.59 Å². The number of nitrogens with zero attached hydrogens (tertiary/aromatic N) is 15. The van der Waals surface area contributed by atoms with Gasteiger partial charge in [0, 0.05) is 145 Å². The lowest BCUT2D eigenvalue weighted by Crippen LogP contribution is -2.27. The number of aryl methyl sites for hydroxylation is 1. The second kappa shape index (κ2) is 35.9. The van der Waals surface area contributed by atoms with Crippen molar-refractivity contribution in [2.24, 2.45) is 5.41 Å².